The highest BCUT2D eigenvalue weighted by Gasteiger charge is 2.26. The summed E-state index contributed by atoms with van der Waals surface area (Å²) in [7, 11) is 0. The summed E-state index contributed by atoms with van der Waals surface area (Å²) in [5.41, 5.74) is 1.05. The van der Waals surface area contributed by atoms with E-state index in [4.69, 9.17) is 0 Å². The second-order valence-corrected chi connectivity index (χ2v) is 5.60. The molecular formula is C16H16O2S. The average Bonchev–Trinajstić information content (AvgIpc) is 2.46. The first-order valence-electron chi connectivity index (χ1n) is 6.18. The summed E-state index contributed by atoms with van der Waals surface area (Å²) in [4.78, 5) is 12.4. The summed E-state index contributed by atoms with van der Waals surface area (Å²) in [5.74, 6) is -1.20. The van der Waals surface area contributed by atoms with Gasteiger partial charge in [0.1, 0.15) is 0 Å². The van der Waals surface area contributed by atoms with Crippen LogP contribution in [0.3, 0.4) is 0 Å². The first kappa shape index (κ1) is 13.7. The van der Waals surface area contributed by atoms with E-state index in [9.17, 15) is 9.90 Å². The van der Waals surface area contributed by atoms with Crippen LogP contribution >= 0.6 is 11.8 Å². The lowest BCUT2D eigenvalue weighted by Crippen LogP contribution is -2.16. The van der Waals surface area contributed by atoms with Crippen LogP contribution in [0.5, 0.6) is 0 Å². The lowest BCUT2D eigenvalue weighted by Gasteiger charge is -2.21. The van der Waals surface area contributed by atoms with E-state index in [1.54, 1.807) is 18.7 Å². The second kappa shape index (κ2) is 6.43. The fraction of sp³-hybridized carbons (Fsp3) is 0.188. The fourth-order valence-electron chi connectivity index (χ4n) is 1.88. The van der Waals surface area contributed by atoms with Crippen LogP contribution in [0.25, 0.3) is 0 Å². The van der Waals surface area contributed by atoms with Gasteiger partial charge in [0.25, 0.3) is 0 Å². The Morgan fingerprint density at radius 2 is 1.53 bits per heavy atom. The van der Waals surface area contributed by atoms with Crippen LogP contribution < -0.4 is 0 Å². The zero-order valence-corrected chi connectivity index (χ0v) is 11.5. The predicted octanol–water partition coefficient (Wildman–Crippen LogP) is 4.24. The van der Waals surface area contributed by atoms with E-state index in [1.165, 1.54) is 0 Å². The number of carboxylic acid groups (broad SMARTS) is 1. The maximum Gasteiger partial charge on any atom is 0.307 e. The van der Waals surface area contributed by atoms with Crippen molar-refractivity contribution in [1.29, 1.82) is 0 Å². The van der Waals surface area contributed by atoms with Crippen LogP contribution in [0.1, 0.15) is 17.7 Å². The number of aliphatic carboxylic acids is 1. The Balaban J connectivity index is 2.27. The molecule has 98 valence electrons. The van der Waals surface area contributed by atoms with Gasteiger partial charge in [-0.2, -0.15) is 0 Å². The molecule has 2 aromatic carbocycles. The molecule has 0 fully saturated rings. The molecule has 2 rings (SSSR count). The molecule has 3 heteroatoms. The van der Waals surface area contributed by atoms with Crippen molar-refractivity contribution in [3.63, 3.8) is 0 Å². The molecular weight excluding hydrogens is 256 g/mol. The zero-order chi connectivity index (χ0) is 13.7. The van der Waals surface area contributed by atoms with E-state index in [0.29, 0.717) is 0 Å². The van der Waals surface area contributed by atoms with Gasteiger partial charge in [0.15, 0.2) is 0 Å². The number of rotatable bonds is 5. The quantitative estimate of drug-likeness (QED) is 0.827. The van der Waals surface area contributed by atoms with Gasteiger partial charge in [0.2, 0.25) is 0 Å². The number of carboxylic acids is 1. The van der Waals surface area contributed by atoms with Crippen molar-refractivity contribution in [2.24, 2.45) is 5.92 Å². The predicted molar refractivity (Wildman–Crippen MR) is 78.3 cm³/mol. The second-order valence-electron chi connectivity index (χ2n) is 4.39. The molecule has 0 radical (unpaired) electrons. The third kappa shape index (κ3) is 3.61. The molecule has 0 saturated carbocycles. The topological polar surface area (TPSA) is 37.3 Å². The van der Waals surface area contributed by atoms with E-state index in [0.717, 1.165) is 10.5 Å². The molecule has 19 heavy (non-hydrogen) atoms. The van der Waals surface area contributed by atoms with Gasteiger partial charge in [0, 0.05) is 10.1 Å². The van der Waals surface area contributed by atoms with Gasteiger partial charge in [-0.25, -0.2) is 0 Å². The maximum absolute atomic E-state index is 11.3. The Labute approximate surface area is 117 Å². The standard InChI is InChI=1S/C16H16O2S/c1-12(16(17)18)15(13-8-4-2-5-9-13)19-14-10-6-3-7-11-14/h2-12,15H,1H3,(H,17,18)/t12-,15-/m1/s1. The van der Waals surface area contributed by atoms with Crippen molar-refractivity contribution >= 4 is 17.7 Å². The highest BCUT2D eigenvalue weighted by Crippen LogP contribution is 2.40. The van der Waals surface area contributed by atoms with Crippen LogP contribution in [-0.2, 0) is 4.79 Å². The number of carbonyl (C=O) groups is 1. The first-order chi connectivity index (χ1) is 9.18. The molecule has 0 aliphatic rings. The SMILES string of the molecule is C[C@@H](C(=O)O)[C@@H](Sc1ccccc1)c1ccccc1. The van der Waals surface area contributed by atoms with Crippen LogP contribution in [-0.4, -0.2) is 11.1 Å². The van der Waals surface area contributed by atoms with Crippen molar-refractivity contribution in [2.75, 3.05) is 0 Å². The van der Waals surface area contributed by atoms with Gasteiger partial charge < -0.3 is 5.11 Å². The lowest BCUT2D eigenvalue weighted by molar-refractivity contribution is -0.141. The monoisotopic (exact) mass is 272 g/mol. The summed E-state index contributed by atoms with van der Waals surface area (Å²) in [6.07, 6.45) is 0. The molecule has 0 unspecified atom stereocenters. The molecule has 1 N–H and O–H groups in total. The zero-order valence-electron chi connectivity index (χ0n) is 10.7. The Kier molecular flexibility index (Phi) is 4.63. The molecule has 0 aliphatic carbocycles. The first-order valence-corrected chi connectivity index (χ1v) is 7.06. The van der Waals surface area contributed by atoms with Crippen LogP contribution in [0.2, 0.25) is 0 Å². The molecule has 2 aromatic rings. The van der Waals surface area contributed by atoms with E-state index < -0.39 is 11.9 Å². The number of thioether (sulfide) groups is 1. The van der Waals surface area contributed by atoms with E-state index in [1.807, 2.05) is 60.7 Å². The minimum Gasteiger partial charge on any atom is -0.481 e. The Morgan fingerprint density at radius 3 is 2.05 bits per heavy atom. The minimum atomic E-state index is -0.766. The van der Waals surface area contributed by atoms with Gasteiger partial charge in [-0.1, -0.05) is 55.5 Å². The van der Waals surface area contributed by atoms with E-state index in [-0.39, 0.29) is 5.25 Å². The van der Waals surface area contributed by atoms with Crippen LogP contribution in [0.4, 0.5) is 0 Å². The minimum absolute atomic E-state index is 0.0823. The number of hydrogen-bond donors (Lipinski definition) is 1. The molecule has 0 spiro atoms. The largest absolute Gasteiger partial charge is 0.481 e. The normalized spacial score (nSPS) is 13.7. The number of benzene rings is 2. The summed E-state index contributed by atoms with van der Waals surface area (Å²) in [6.45, 7) is 1.76. The molecule has 0 bridgehead atoms. The average molecular weight is 272 g/mol. The summed E-state index contributed by atoms with van der Waals surface area (Å²) < 4.78 is 0. The number of hydrogen-bond acceptors (Lipinski definition) is 2. The summed E-state index contributed by atoms with van der Waals surface area (Å²) in [6, 6.07) is 19.7. The van der Waals surface area contributed by atoms with Crippen molar-refractivity contribution in [1.82, 2.24) is 0 Å². The Bertz CT molecular complexity index is 525. The molecule has 0 aromatic heterocycles. The van der Waals surface area contributed by atoms with Gasteiger partial charge in [-0.15, -0.1) is 11.8 Å². The summed E-state index contributed by atoms with van der Waals surface area (Å²) >= 11 is 1.60. The van der Waals surface area contributed by atoms with E-state index >= 15 is 0 Å². The van der Waals surface area contributed by atoms with Gasteiger partial charge in [-0.3, -0.25) is 4.79 Å². The highest BCUT2D eigenvalue weighted by molar-refractivity contribution is 7.99. The van der Waals surface area contributed by atoms with Crippen LogP contribution in [0, 0.1) is 5.92 Å². The van der Waals surface area contributed by atoms with Gasteiger partial charge in [-0.05, 0) is 17.7 Å². The van der Waals surface area contributed by atoms with Gasteiger partial charge in [0.05, 0.1) is 5.92 Å². The molecule has 2 nitrogen and oxygen atoms in total. The summed E-state index contributed by atoms with van der Waals surface area (Å²) in [5, 5.41) is 9.20. The molecule has 0 amide bonds. The van der Waals surface area contributed by atoms with Crippen molar-refractivity contribution < 1.29 is 9.90 Å². The van der Waals surface area contributed by atoms with Crippen molar-refractivity contribution in [2.45, 2.75) is 17.1 Å². The molecule has 2 atom stereocenters. The third-order valence-electron chi connectivity index (χ3n) is 2.98. The van der Waals surface area contributed by atoms with Crippen molar-refractivity contribution in [3.05, 3.63) is 66.2 Å². The molecule has 0 heterocycles. The fourth-order valence-corrected chi connectivity index (χ4v) is 3.10. The molecule has 0 saturated heterocycles. The lowest BCUT2D eigenvalue weighted by atomic mass is 10.0. The smallest absolute Gasteiger partial charge is 0.307 e. The van der Waals surface area contributed by atoms with Gasteiger partial charge >= 0.3 is 5.97 Å². The van der Waals surface area contributed by atoms with Crippen molar-refractivity contribution in [3.8, 4) is 0 Å². The Hall–Kier alpha value is -1.74. The van der Waals surface area contributed by atoms with E-state index in [2.05, 4.69) is 0 Å². The molecule has 0 aliphatic heterocycles. The highest BCUT2D eigenvalue weighted by atomic mass is 32.2. The Morgan fingerprint density at radius 1 is 1.00 bits per heavy atom. The maximum atomic E-state index is 11.3. The third-order valence-corrected chi connectivity index (χ3v) is 4.46. The van der Waals surface area contributed by atoms with Crippen LogP contribution in [0.15, 0.2) is 65.6 Å².